The van der Waals surface area contributed by atoms with Gasteiger partial charge in [0.1, 0.15) is 17.4 Å². The van der Waals surface area contributed by atoms with Crippen LogP contribution in [0.1, 0.15) is 5.76 Å². The molecular formula is C20H16N4O2S. The molecule has 6 nitrogen and oxygen atoms in total. The molecule has 0 unspecified atom stereocenters. The number of hydrogen-bond donors (Lipinski definition) is 2. The molecule has 27 heavy (non-hydrogen) atoms. The normalized spacial score (nSPS) is 10.9. The summed E-state index contributed by atoms with van der Waals surface area (Å²) in [6.07, 6.45) is 1.31. The van der Waals surface area contributed by atoms with Crippen LogP contribution in [0.4, 0.5) is 11.5 Å². The Bertz CT molecular complexity index is 1010. The highest BCUT2D eigenvalue weighted by Gasteiger charge is 2.12. The van der Waals surface area contributed by atoms with Crippen LogP contribution in [0.3, 0.4) is 0 Å². The highest BCUT2D eigenvalue weighted by atomic mass is 32.2. The lowest BCUT2D eigenvalue weighted by molar-refractivity contribution is -0.112. The van der Waals surface area contributed by atoms with Crippen LogP contribution in [0.25, 0.3) is 0 Å². The van der Waals surface area contributed by atoms with Crippen molar-refractivity contribution < 1.29 is 9.32 Å². The Hall–Kier alpha value is -3.50. The van der Waals surface area contributed by atoms with E-state index >= 15 is 0 Å². The Balaban J connectivity index is 1.74. The monoisotopic (exact) mass is 376 g/mol. The molecule has 0 saturated heterocycles. The predicted octanol–water partition coefficient (Wildman–Crippen LogP) is 4.59. The molecular weight excluding hydrogens is 360 g/mol. The molecule has 3 aromatic rings. The minimum absolute atomic E-state index is 0.0739. The van der Waals surface area contributed by atoms with Gasteiger partial charge >= 0.3 is 0 Å². The van der Waals surface area contributed by atoms with E-state index in [9.17, 15) is 10.1 Å². The predicted molar refractivity (Wildman–Crippen MR) is 104 cm³/mol. The molecule has 1 heterocycles. The number of amides is 1. The van der Waals surface area contributed by atoms with Crippen LogP contribution in [0.2, 0.25) is 0 Å². The summed E-state index contributed by atoms with van der Waals surface area (Å²) in [5.74, 6) is 0.542. The van der Waals surface area contributed by atoms with Crippen LogP contribution in [0, 0.1) is 18.3 Å². The molecule has 0 aliphatic heterocycles. The van der Waals surface area contributed by atoms with E-state index in [0.717, 1.165) is 9.79 Å². The Kier molecular flexibility index (Phi) is 5.92. The van der Waals surface area contributed by atoms with E-state index in [-0.39, 0.29) is 5.57 Å². The summed E-state index contributed by atoms with van der Waals surface area (Å²) in [6, 6.07) is 20.8. The fourth-order valence-corrected chi connectivity index (χ4v) is 3.12. The minimum atomic E-state index is -0.508. The van der Waals surface area contributed by atoms with Gasteiger partial charge in [0.25, 0.3) is 5.91 Å². The zero-order valence-electron chi connectivity index (χ0n) is 14.5. The van der Waals surface area contributed by atoms with Crippen LogP contribution >= 0.6 is 11.8 Å². The average Bonchev–Trinajstić information content (AvgIpc) is 3.10. The molecule has 0 spiro atoms. The molecule has 0 aliphatic carbocycles. The van der Waals surface area contributed by atoms with Gasteiger partial charge < -0.3 is 15.2 Å². The maximum absolute atomic E-state index is 12.5. The number of aromatic nitrogens is 1. The van der Waals surface area contributed by atoms with Gasteiger partial charge in [-0.3, -0.25) is 4.79 Å². The second-order valence-electron chi connectivity index (χ2n) is 5.50. The van der Waals surface area contributed by atoms with Gasteiger partial charge in [-0.1, -0.05) is 47.3 Å². The number of para-hydroxylation sites is 1. The number of carbonyl (C=O) groups excluding carboxylic acids is 1. The van der Waals surface area contributed by atoms with Gasteiger partial charge in [0.05, 0.1) is 5.69 Å². The molecule has 0 aliphatic rings. The smallest absolute Gasteiger partial charge is 0.267 e. The quantitative estimate of drug-likeness (QED) is 0.483. The average molecular weight is 376 g/mol. The first-order chi connectivity index (χ1) is 13.2. The number of rotatable bonds is 6. The van der Waals surface area contributed by atoms with Gasteiger partial charge in [-0.15, -0.1) is 0 Å². The number of aryl methyl sites for hydroxylation is 1. The number of nitrogens with zero attached hydrogens (tertiary/aromatic N) is 2. The SMILES string of the molecule is Cc1cc(N/C=C(/C#N)C(=O)Nc2ccccc2Sc2ccccc2)no1. The van der Waals surface area contributed by atoms with Gasteiger partial charge in [-0.05, 0) is 31.2 Å². The van der Waals surface area contributed by atoms with Gasteiger partial charge in [0.2, 0.25) is 0 Å². The molecule has 0 saturated carbocycles. The largest absolute Gasteiger partial charge is 0.360 e. The van der Waals surface area contributed by atoms with Crippen molar-refractivity contribution in [3.05, 3.63) is 78.2 Å². The molecule has 1 aromatic heterocycles. The van der Waals surface area contributed by atoms with Crippen LogP contribution < -0.4 is 10.6 Å². The molecule has 2 aromatic carbocycles. The Labute approximate surface area is 160 Å². The van der Waals surface area contributed by atoms with Gasteiger partial charge in [0.15, 0.2) is 5.82 Å². The first-order valence-corrected chi connectivity index (χ1v) is 8.91. The third-order valence-corrected chi connectivity index (χ3v) is 4.55. The first-order valence-electron chi connectivity index (χ1n) is 8.09. The second kappa shape index (κ2) is 8.74. The molecule has 0 bridgehead atoms. The summed E-state index contributed by atoms with van der Waals surface area (Å²) < 4.78 is 4.93. The standard InChI is InChI=1S/C20H16N4O2S/c1-14-11-19(24-26-14)22-13-15(12-21)20(25)23-17-9-5-6-10-18(17)27-16-7-3-2-4-8-16/h2-11,13H,1H3,(H,22,24)(H,23,25)/b15-13-. The number of carbonyl (C=O) groups is 1. The first kappa shape index (κ1) is 18.3. The molecule has 7 heteroatoms. The van der Waals surface area contributed by atoms with E-state index in [1.54, 1.807) is 19.1 Å². The number of nitrogens with one attached hydrogen (secondary N) is 2. The maximum Gasteiger partial charge on any atom is 0.267 e. The lowest BCUT2D eigenvalue weighted by Crippen LogP contribution is -2.15. The zero-order valence-corrected chi connectivity index (χ0v) is 15.3. The van der Waals surface area contributed by atoms with E-state index in [1.807, 2.05) is 54.6 Å². The van der Waals surface area contributed by atoms with Gasteiger partial charge in [-0.2, -0.15) is 5.26 Å². The highest BCUT2D eigenvalue weighted by Crippen LogP contribution is 2.33. The summed E-state index contributed by atoms with van der Waals surface area (Å²) in [5.41, 5.74) is 0.560. The van der Waals surface area contributed by atoms with Crippen molar-refractivity contribution in [3.63, 3.8) is 0 Å². The second-order valence-corrected chi connectivity index (χ2v) is 6.62. The van der Waals surface area contributed by atoms with Crippen molar-refractivity contribution in [2.45, 2.75) is 16.7 Å². The summed E-state index contributed by atoms with van der Waals surface area (Å²) in [7, 11) is 0. The summed E-state index contributed by atoms with van der Waals surface area (Å²) in [6.45, 7) is 1.75. The van der Waals surface area contributed by atoms with E-state index < -0.39 is 5.91 Å². The summed E-state index contributed by atoms with van der Waals surface area (Å²) in [5, 5.41) is 18.6. The topological polar surface area (TPSA) is 91.0 Å². The molecule has 3 rings (SSSR count). The van der Waals surface area contributed by atoms with Crippen molar-refractivity contribution in [1.29, 1.82) is 5.26 Å². The van der Waals surface area contributed by atoms with E-state index in [0.29, 0.717) is 17.3 Å². The van der Waals surface area contributed by atoms with Crippen molar-refractivity contribution in [2.24, 2.45) is 0 Å². The minimum Gasteiger partial charge on any atom is -0.360 e. The van der Waals surface area contributed by atoms with E-state index in [1.165, 1.54) is 18.0 Å². The molecule has 2 N–H and O–H groups in total. The Morgan fingerprint density at radius 2 is 1.93 bits per heavy atom. The third kappa shape index (κ3) is 5.00. The molecule has 1 amide bonds. The lowest BCUT2D eigenvalue weighted by Gasteiger charge is -2.10. The Morgan fingerprint density at radius 3 is 2.63 bits per heavy atom. The number of nitriles is 1. The Morgan fingerprint density at radius 1 is 1.19 bits per heavy atom. The lowest BCUT2D eigenvalue weighted by atomic mass is 10.2. The number of benzene rings is 2. The number of anilines is 2. The van der Waals surface area contributed by atoms with E-state index in [2.05, 4.69) is 15.8 Å². The summed E-state index contributed by atoms with van der Waals surface area (Å²) in [4.78, 5) is 14.4. The molecule has 0 atom stereocenters. The highest BCUT2D eigenvalue weighted by molar-refractivity contribution is 7.99. The van der Waals surface area contributed by atoms with Crippen LogP contribution in [-0.4, -0.2) is 11.1 Å². The third-order valence-electron chi connectivity index (χ3n) is 3.46. The molecule has 134 valence electrons. The van der Waals surface area contributed by atoms with Crippen molar-refractivity contribution >= 4 is 29.2 Å². The van der Waals surface area contributed by atoms with Crippen molar-refractivity contribution in [2.75, 3.05) is 10.6 Å². The van der Waals surface area contributed by atoms with Gasteiger partial charge in [-0.25, -0.2) is 0 Å². The van der Waals surface area contributed by atoms with E-state index in [4.69, 9.17) is 4.52 Å². The van der Waals surface area contributed by atoms with Crippen LogP contribution in [0.5, 0.6) is 0 Å². The maximum atomic E-state index is 12.5. The van der Waals surface area contributed by atoms with Crippen LogP contribution in [0.15, 0.2) is 86.8 Å². The van der Waals surface area contributed by atoms with Crippen LogP contribution in [-0.2, 0) is 4.79 Å². The fraction of sp³-hybridized carbons (Fsp3) is 0.0500. The number of hydrogen-bond acceptors (Lipinski definition) is 6. The van der Waals surface area contributed by atoms with Crippen molar-refractivity contribution in [1.82, 2.24) is 5.16 Å². The molecule has 0 radical (unpaired) electrons. The fourth-order valence-electron chi connectivity index (χ4n) is 2.19. The molecule has 0 fully saturated rings. The van der Waals surface area contributed by atoms with Gasteiger partial charge in [0, 0.05) is 22.1 Å². The summed E-state index contributed by atoms with van der Waals surface area (Å²) >= 11 is 1.53. The van der Waals surface area contributed by atoms with Crippen molar-refractivity contribution in [3.8, 4) is 6.07 Å². The zero-order chi connectivity index (χ0) is 19.1.